The lowest BCUT2D eigenvalue weighted by Crippen LogP contribution is -2.29. The highest BCUT2D eigenvalue weighted by atomic mass is 19.1. The van der Waals surface area contributed by atoms with Crippen LogP contribution >= 0.6 is 0 Å². The molecule has 0 amide bonds. The van der Waals surface area contributed by atoms with E-state index < -0.39 is 6.17 Å². The number of halogens is 1. The number of aryl methyl sites for hydroxylation is 1. The van der Waals surface area contributed by atoms with Gasteiger partial charge < -0.3 is 9.47 Å². The van der Waals surface area contributed by atoms with Crippen LogP contribution in [0.1, 0.15) is 18.4 Å². The van der Waals surface area contributed by atoms with Crippen molar-refractivity contribution in [3.63, 3.8) is 0 Å². The van der Waals surface area contributed by atoms with Gasteiger partial charge in [-0.1, -0.05) is 6.07 Å². The molecule has 1 fully saturated rings. The lowest BCUT2D eigenvalue weighted by Gasteiger charge is -2.29. The highest BCUT2D eigenvalue weighted by molar-refractivity contribution is 5.42. The average molecular weight is 224 g/mol. The Bertz CT molecular complexity index is 359. The lowest BCUT2D eigenvalue weighted by molar-refractivity contribution is 0.0849. The van der Waals surface area contributed by atoms with E-state index in [1.54, 1.807) is 7.11 Å². The molecule has 88 valence electrons. The summed E-state index contributed by atoms with van der Waals surface area (Å²) < 4.78 is 23.5. The summed E-state index contributed by atoms with van der Waals surface area (Å²) >= 11 is 0. The zero-order valence-electron chi connectivity index (χ0n) is 9.70. The fraction of sp³-hybridized carbons (Fsp3) is 0.538. The van der Waals surface area contributed by atoms with E-state index in [0.717, 1.165) is 17.1 Å². The Morgan fingerprint density at radius 3 is 2.69 bits per heavy atom. The van der Waals surface area contributed by atoms with Crippen LogP contribution in [0.15, 0.2) is 18.2 Å². The van der Waals surface area contributed by atoms with Crippen LogP contribution < -0.4 is 9.47 Å². The van der Waals surface area contributed by atoms with Crippen LogP contribution in [-0.4, -0.2) is 19.9 Å². The molecule has 0 aliphatic heterocycles. The number of hydrogen-bond donors (Lipinski definition) is 0. The lowest BCUT2D eigenvalue weighted by atomic mass is 9.84. The standard InChI is InChI=1S/C13H17FO2/c1-9-3-4-12(13(5-9)15-2)16-8-10-6-11(14)7-10/h3-5,10-11H,6-8H2,1-2H3. The maximum absolute atomic E-state index is 12.6. The van der Waals surface area contributed by atoms with Crippen molar-refractivity contribution in [3.05, 3.63) is 23.8 Å². The number of rotatable bonds is 4. The molecule has 1 aromatic carbocycles. The molecule has 2 nitrogen and oxygen atoms in total. The molecule has 1 aromatic rings. The van der Waals surface area contributed by atoms with Gasteiger partial charge in [-0.25, -0.2) is 4.39 Å². The zero-order chi connectivity index (χ0) is 11.5. The number of hydrogen-bond acceptors (Lipinski definition) is 2. The molecule has 0 saturated heterocycles. The molecule has 0 radical (unpaired) electrons. The highest BCUT2D eigenvalue weighted by Crippen LogP contribution is 2.33. The first-order valence-corrected chi connectivity index (χ1v) is 5.60. The molecule has 3 heteroatoms. The summed E-state index contributed by atoms with van der Waals surface area (Å²) in [7, 11) is 1.63. The number of benzene rings is 1. The Kier molecular flexibility index (Phi) is 3.32. The Labute approximate surface area is 95.4 Å². The second kappa shape index (κ2) is 4.73. The van der Waals surface area contributed by atoms with Gasteiger partial charge in [-0.05, 0) is 43.4 Å². The first-order chi connectivity index (χ1) is 7.69. The van der Waals surface area contributed by atoms with Gasteiger partial charge in [0.1, 0.15) is 6.17 Å². The van der Waals surface area contributed by atoms with Crippen molar-refractivity contribution in [1.29, 1.82) is 0 Å². The zero-order valence-corrected chi connectivity index (χ0v) is 9.70. The Morgan fingerprint density at radius 2 is 2.06 bits per heavy atom. The summed E-state index contributed by atoms with van der Waals surface area (Å²) in [6.07, 6.45) is 0.649. The van der Waals surface area contributed by atoms with Crippen LogP contribution in [0.3, 0.4) is 0 Å². The van der Waals surface area contributed by atoms with Crippen LogP contribution in [0, 0.1) is 12.8 Å². The average Bonchev–Trinajstić information content (AvgIpc) is 2.24. The normalized spacial score (nSPS) is 23.7. The topological polar surface area (TPSA) is 18.5 Å². The Balaban J connectivity index is 1.93. The fourth-order valence-corrected chi connectivity index (χ4v) is 1.89. The van der Waals surface area contributed by atoms with E-state index in [1.807, 2.05) is 25.1 Å². The van der Waals surface area contributed by atoms with Crippen molar-refractivity contribution in [2.24, 2.45) is 5.92 Å². The van der Waals surface area contributed by atoms with Gasteiger partial charge in [0.2, 0.25) is 0 Å². The molecular formula is C13H17FO2. The van der Waals surface area contributed by atoms with Crippen LogP contribution in [0.25, 0.3) is 0 Å². The van der Waals surface area contributed by atoms with Gasteiger partial charge in [-0.3, -0.25) is 0 Å². The monoisotopic (exact) mass is 224 g/mol. The van der Waals surface area contributed by atoms with Gasteiger partial charge >= 0.3 is 0 Å². The van der Waals surface area contributed by atoms with E-state index in [4.69, 9.17) is 9.47 Å². The minimum atomic E-state index is -0.617. The molecular weight excluding hydrogens is 207 g/mol. The van der Waals surface area contributed by atoms with E-state index in [0.29, 0.717) is 25.4 Å². The van der Waals surface area contributed by atoms with Crippen LogP contribution in [-0.2, 0) is 0 Å². The number of alkyl halides is 1. The maximum atomic E-state index is 12.6. The number of methoxy groups -OCH3 is 1. The summed E-state index contributed by atoms with van der Waals surface area (Å²) in [6.45, 7) is 2.59. The van der Waals surface area contributed by atoms with Gasteiger partial charge in [0.15, 0.2) is 11.5 Å². The van der Waals surface area contributed by atoms with E-state index in [1.165, 1.54) is 0 Å². The third-order valence-electron chi connectivity index (χ3n) is 2.97. The molecule has 1 saturated carbocycles. The van der Waals surface area contributed by atoms with Gasteiger partial charge in [0.25, 0.3) is 0 Å². The second-order valence-corrected chi connectivity index (χ2v) is 4.40. The van der Waals surface area contributed by atoms with Crippen molar-refractivity contribution in [3.8, 4) is 11.5 Å². The first-order valence-electron chi connectivity index (χ1n) is 5.60. The second-order valence-electron chi connectivity index (χ2n) is 4.40. The minimum absolute atomic E-state index is 0.362. The molecule has 16 heavy (non-hydrogen) atoms. The summed E-state index contributed by atoms with van der Waals surface area (Å²) in [5, 5.41) is 0. The molecule has 0 bridgehead atoms. The molecule has 2 rings (SSSR count). The molecule has 0 aromatic heterocycles. The minimum Gasteiger partial charge on any atom is -0.493 e. The van der Waals surface area contributed by atoms with Crippen LogP contribution in [0.5, 0.6) is 11.5 Å². The van der Waals surface area contributed by atoms with Crippen molar-refractivity contribution in [2.75, 3.05) is 13.7 Å². The Morgan fingerprint density at radius 1 is 1.31 bits per heavy atom. The van der Waals surface area contributed by atoms with Crippen molar-refractivity contribution < 1.29 is 13.9 Å². The van der Waals surface area contributed by atoms with Gasteiger partial charge in [0, 0.05) is 0 Å². The summed E-state index contributed by atoms with van der Waals surface area (Å²) in [5.74, 6) is 1.85. The molecule has 0 atom stereocenters. The van der Waals surface area contributed by atoms with E-state index >= 15 is 0 Å². The van der Waals surface area contributed by atoms with Crippen molar-refractivity contribution in [1.82, 2.24) is 0 Å². The molecule has 0 unspecified atom stereocenters. The first kappa shape index (κ1) is 11.2. The molecule has 0 heterocycles. The van der Waals surface area contributed by atoms with Gasteiger partial charge in [-0.15, -0.1) is 0 Å². The highest BCUT2D eigenvalue weighted by Gasteiger charge is 2.29. The quantitative estimate of drug-likeness (QED) is 0.782. The van der Waals surface area contributed by atoms with Crippen molar-refractivity contribution in [2.45, 2.75) is 25.9 Å². The predicted octanol–water partition coefficient (Wildman–Crippen LogP) is 3.13. The van der Waals surface area contributed by atoms with Crippen LogP contribution in [0.2, 0.25) is 0 Å². The molecule has 1 aliphatic carbocycles. The van der Waals surface area contributed by atoms with Gasteiger partial charge in [0.05, 0.1) is 13.7 Å². The van der Waals surface area contributed by atoms with E-state index in [9.17, 15) is 4.39 Å². The Hall–Kier alpha value is -1.25. The summed E-state index contributed by atoms with van der Waals surface area (Å²) in [5.41, 5.74) is 1.14. The fourth-order valence-electron chi connectivity index (χ4n) is 1.89. The van der Waals surface area contributed by atoms with Gasteiger partial charge in [-0.2, -0.15) is 0 Å². The maximum Gasteiger partial charge on any atom is 0.161 e. The molecule has 0 spiro atoms. The molecule has 1 aliphatic rings. The van der Waals surface area contributed by atoms with E-state index in [-0.39, 0.29) is 0 Å². The summed E-state index contributed by atoms with van der Waals surface area (Å²) in [6, 6.07) is 5.82. The smallest absolute Gasteiger partial charge is 0.161 e. The third kappa shape index (κ3) is 2.46. The SMILES string of the molecule is COc1cc(C)ccc1OCC1CC(F)C1. The molecule has 0 N–H and O–H groups in total. The predicted molar refractivity (Wildman–Crippen MR) is 60.8 cm³/mol. The third-order valence-corrected chi connectivity index (χ3v) is 2.97. The number of ether oxygens (including phenoxy) is 2. The largest absolute Gasteiger partial charge is 0.493 e. The van der Waals surface area contributed by atoms with Crippen LogP contribution in [0.4, 0.5) is 4.39 Å². The summed E-state index contributed by atoms with van der Waals surface area (Å²) in [4.78, 5) is 0. The van der Waals surface area contributed by atoms with E-state index in [2.05, 4.69) is 0 Å². The van der Waals surface area contributed by atoms with Crippen molar-refractivity contribution >= 4 is 0 Å².